The third-order valence-electron chi connectivity index (χ3n) is 2.73. The third-order valence-corrected chi connectivity index (χ3v) is 4.00. The van der Waals surface area contributed by atoms with Gasteiger partial charge >= 0.3 is 0 Å². The van der Waals surface area contributed by atoms with Crippen LogP contribution < -0.4 is 4.74 Å². The van der Waals surface area contributed by atoms with Gasteiger partial charge in [0.1, 0.15) is 10.4 Å². The van der Waals surface area contributed by atoms with Crippen molar-refractivity contribution < 1.29 is 4.74 Å². The van der Waals surface area contributed by atoms with Crippen LogP contribution >= 0.6 is 31.9 Å². The van der Waals surface area contributed by atoms with Gasteiger partial charge in [0.2, 0.25) is 0 Å². The molecule has 0 aliphatic heterocycles. The molecule has 1 heterocycles. The molecule has 0 spiro atoms. The van der Waals surface area contributed by atoms with Gasteiger partial charge in [-0.05, 0) is 48.0 Å². The quantitative estimate of drug-likeness (QED) is 0.738. The molecule has 1 aromatic heterocycles. The zero-order valence-corrected chi connectivity index (χ0v) is 13.5. The van der Waals surface area contributed by atoms with Crippen molar-refractivity contribution in [1.82, 2.24) is 9.97 Å². The van der Waals surface area contributed by atoms with Crippen molar-refractivity contribution in [3.05, 3.63) is 38.5 Å². The van der Waals surface area contributed by atoms with E-state index in [4.69, 9.17) is 4.74 Å². The summed E-state index contributed by atoms with van der Waals surface area (Å²) >= 11 is 6.91. The second kappa shape index (κ2) is 5.36. The molecule has 0 fully saturated rings. The fraction of sp³-hybridized carbons (Fsp3) is 0.231. The molecule has 2 aromatic rings. The molecule has 0 amide bonds. The molecule has 0 aliphatic rings. The highest BCUT2D eigenvalue weighted by Gasteiger charge is 2.12. The Morgan fingerprint density at radius 2 is 1.83 bits per heavy atom. The molecule has 0 saturated heterocycles. The maximum Gasteiger partial charge on any atom is 0.164 e. The summed E-state index contributed by atoms with van der Waals surface area (Å²) in [6.45, 7) is 3.96. The highest BCUT2D eigenvalue weighted by Crippen LogP contribution is 2.32. The van der Waals surface area contributed by atoms with E-state index < -0.39 is 0 Å². The first-order valence-electron chi connectivity index (χ1n) is 5.37. The number of halogens is 2. The number of hydrogen-bond acceptors (Lipinski definition) is 3. The van der Waals surface area contributed by atoms with E-state index in [1.165, 1.54) is 0 Å². The third kappa shape index (κ3) is 2.57. The van der Waals surface area contributed by atoms with Gasteiger partial charge in [0.25, 0.3) is 0 Å². The number of ether oxygens (including phenoxy) is 1. The molecule has 0 bridgehead atoms. The summed E-state index contributed by atoms with van der Waals surface area (Å²) < 4.78 is 7.13. The van der Waals surface area contributed by atoms with Gasteiger partial charge in [-0.3, -0.25) is 0 Å². The van der Waals surface area contributed by atoms with Gasteiger partial charge in [-0.25, -0.2) is 9.97 Å². The van der Waals surface area contributed by atoms with E-state index in [0.29, 0.717) is 5.82 Å². The van der Waals surface area contributed by atoms with Crippen LogP contribution in [0, 0.1) is 13.8 Å². The molecular weight excluding hydrogens is 360 g/mol. The summed E-state index contributed by atoms with van der Waals surface area (Å²) in [5.41, 5.74) is 2.87. The molecule has 3 nitrogen and oxygen atoms in total. The maximum atomic E-state index is 5.35. The van der Waals surface area contributed by atoms with Gasteiger partial charge in [0.05, 0.1) is 12.7 Å². The van der Waals surface area contributed by atoms with Gasteiger partial charge in [-0.1, -0.05) is 15.9 Å². The monoisotopic (exact) mass is 370 g/mol. The normalized spacial score (nSPS) is 10.5. The van der Waals surface area contributed by atoms with Crippen LogP contribution in [-0.4, -0.2) is 17.1 Å². The molecule has 5 heteroatoms. The van der Waals surface area contributed by atoms with Crippen LogP contribution in [0.2, 0.25) is 0 Å². The Kier molecular flexibility index (Phi) is 4.02. The number of hydrogen-bond donors (Lipinski definition) is 0. The molecule has 0 aliphatic carbocycles. The Hall–Kier alpha value is -0.940. The minimum Gasteiger partial charge on any atom is -0.496 e. The summed E-state index contributed by atoms with van der Waals surface area (Å²) in [7, 11) is 1.64. The average Bonchev–Trinajstić information content (AvgIpc) is 2.35. The summed E-state index contributed by atoms with van der Waals surface area (Å²) in [6, 6.07) is 5.78. The van der Waals surface area contributed by atoms with E-state index in [0.717, 1.165) is 31.6 Å². The molecule has 1 aromatic carbocycles. The van der Waals surface area contributed by atoms with E-state index in [1.54, 1.807) is 7.11 Å². The Morgan fingerprint density at radius 1 is 1.11 bits per heavy atom. The van der Waals surface area contributed by atoms with E-state index in [-0.39, 0.29) is 0 Å². The van der Waals surface area contributed by atoms with E-state index in [2.05, 4.69) is 41.8 Å². The van der Waals surface area contributed by atoms with Crippen molar-refractivity contribution in [2.24, 2.45) is 0 Å². The maximum absolute atomic E-state index is 5.35. The molecule has 2 rings (SSSR count). The molecule has 0 radical (unpaired) electrons. The zero-order valence-electron chi connectivity index (χ0n) is 10.3. The smallest absolute Gasteiger partial charge is 0.164 e. The van der Waals surface area contributed by atoms with Crippen LogP contribution in [-0.2, 0) is 0 Å². The highest BCUT2D eigenvalue weighted by molar-refractivity contribution is 9.10. The van der Waals surface area contributed by atoms with Crippen molar-refractivity contribution in [3.63, 3.8) is 0 Å². The Balaban J connectivity index is 2.65. The first-order valence-corrected chi connectivity index (χ1v) is 6.96. The van der Waals surface area contributed by atoms with Crippen molar-refractivity contribution in [2.75, 3.05) is 7.11 Å². The fourth-order valence-electron chi connectivity index (χ4n) is 1.57. The lowest BCUT2D eigenvalue weighted by atomic mass is 10.1. The predicted octanol–water partition coefficient (Wildman–Crippen LogP) is 4.29. The van der Waals surface area contributed by atoms with Crippen LogP contribution in [0.15, 0.2) is 27.3 Å². The molecule has 0 atom stereocenters. The summed E-state index contributed by atoms with van der Waals surface area (Å²) in [6.07, 6.45) is 0. The number of methoxy groups -OCH3 is 1. The lowest BCUT2D eigenvalue weighted by molar-refractivity contribution is 0.416. The lowest BCUT2D eigenvalue weighted by Gasteiger charge is -2.10. The SMILES string of the molecule is COc1ccc(Br)cc1-c1nc(C)c(C)c(Br)n1. The minimum absolute atomic E-state index is 0.656. The first-order chi connectivity index (χ1) is 8.52. The number of benzene rings is 1. The van der Waals surface area contributed by atoms with Crippen molar-refractivity contribution in [2.45, 2.75) is 13.8 Å². The van der Waals surface area contributed by atoms with Gasteiger partial charge in [0.15, 0.2) is 5.82 Å². The number of rotatable bonds is 2. The standard InChI is InChI=1S/C13H12Br2N2O/c1-7-8(2)16-13(17-12(7)15)10-6-9(14)4-5-11(10)18-3/h4-6H,1-3H3. The van der Waals surface area contributed by atoms with Gasteiger partial charge in [-0.2, -0.15) is 0 Å². The molecule has 0 saturated carbocycles. The lowest BCUT2D eigenvalue weighted by Crippen LogP contribution is -1.98. The van der Waals surface area contributed by atoms with Crippen molar-refractivity contribution in [3.8, 4) is 17.1 Å². The fourth-order valence-corrected chi connectivity index (χ4v) is 2.39. The van der Waals surface area contributed by atoms with Crippen LogP contribution in [0.3, 0.4) is 0 Å². The zero-order chi connectivity index (χ0) is 13.3. The molecule has 94 valence electrons. The van der Waals surface area contributed by atoms with Gasteiger partial charge in [0, 0.05) is 15.7 Å². The average molecular weight is 372 g/mol. The summed E-state index contributed by atoms with van der Waals surface area (Å²) in [5, 5.41) is 0. The van der Waals surface area contributed by atoms with Crippen LogP contribution in [0.25, 0.3) is 11.4 Å². The second-order valence-electron chi connectivity index (χ2n) is 3.89. The van der Waals surface area contributed by atoms with Gasteiger partial charge < -0.3 is 4.74 Å². The Labute approximate surface area is 123 Å². The topological polar surface area (TPSA) is 35.0 Å². The Bertz CT molecular complexity index is 577. The van der Waals surface area contributed by atoms with Gasteiger partial charge in [-0.15, -0.1) is 0 Å². The van der Waals surface area contributed by atoms with E-state index in [9.17, 15) is 0 Å². The molecule has 18 heavy (non-hydrogen) atoms. The molecular formula is C13H12Br2N2O. The van der Waals surface area contributed by atoms with Crippen LogP contribution in [0.1, 0.15) is 11.3 Å². The van der Waals surface area contributed by atoms with E-state index >= 15 is 0 Å². The highest BCUT2D eigenvalue weighted by atomic mass is 79.9. The largest absolute Gasteiger partial charge is 0.496 e. The number of nitrogens with zero attached hydrogens (tertiary/aromatic N) is 2. The molecule has 0 N–H and O–H groups in total. The molecule has 0 unspecified atom stereocenters. The minimum atomic E-state index is 0.656. The van der Waals surface area contributed by atoms with Crippen molar-refractivity contribution in [1.29, 1.82) is 0 Å². The predicted molar refractivity (Wildman–Crippen MR) is 78.9 cm³/mol. The Morgan fingerprint density at radius 3 is 2.44 bits per heavy atom. The second-order valence-corrected chi connectivity index (χ2v) is 5.56. The first kappa shape index (κ1) is 13.5. The number of aryl methyl sites for hydroxylation is 1. The van der Waals surface area contributed by atoms with Crippen LogP contribution in [0.5, 0.6) is 5.75 Å². The van der Waals surface area contributed by atoms with E-state index in [1.807, 2.05) is 32.0 Å². The summed E-state index contributed by atoms with van der Waals surface area (Å²) in [4.78, 5) is 8.97. The summed E-state index contributed by atoms with van der Waals surface area (Å²) in [5.74, 6) is 1.41. The van der Waals surface area contributed by atoms with Crippen molar-refractivity contribution >= 4 is 31.9 Å². The number of aromatic nitrogens is 2. The van der Waals surface area contributed by atoms with Crippen LogP contribution in [0.4, 0.5) is 0 Å².